The Labute approximate surface area is 97.0 Å². The van der Waals surface area contributed by atoms with Crippen molar-refractivity contribution in [2.24, 2.45) is 5.73 Å². The van der Waals surface area contributed by atoms with Crippen LogP contribution in [0.25, 0.3) is 0 Å². The first-order chi connectivity index (χ1) is 7.51. The standard InChI is InChI=1S/C11H22N4O/c1-5-15-10(13-8-14-15)7-9(12)11(3,4)16-6-2/h8-9H,5-7,12H2,1-4H3. The van der Waals surface area contributed by atoms with E-state index >= 15 is 0 Å². The highest BCUT2D eigenvalue weighted by molar-refractivity contribution is 4.95. The monoisotopic (exact) mass is 226 g/mol. The van der Waals surface area contributed by atoms with Gasteiger partial charge >= 0.3 is 0 Å². The molecule has 1 unspecified atom stereocenters. The zero-order valence-corrected chi connectivity index (χ0v) is 10.6. The van der Waals surface area contributed by atoms with Crippen molar-refractivity contribution in [1.29, 1.82) is 0 Å². The fourth-order valence-electron chi connectivity index (χ4n) is 1.63. The summed E-state index contributed by atoms with van der Waals surface area (Å²) in [7, 11) is 0. The Hall–Kier alpha value is -0.940. The molecule has 1 heterocycles. The van der Waals surface area contributed by atoms with Crippen molar-refractivity contribution in [2.45, 2.75) is 52.3 Å². The molecule has 1 atom stereocenters. The number of nitrogens with two attached hydrogens (primary N) is 1. The van der Waals surface area contributed by atoms with Crippen LogP contribution in [0.5, 0.6) is 0 Å². The molecule has 0 fully saturated rings. The molecule has 5 heteroatoms. The summed E-state index contributed by atoms with van der Waals surface area (Å²) in [5, 5.41) is 4.12. The first-order valence-electron chi connectivity index (χ1n) is 5.77. The molecular weight excluding hydrogens is 204 g/mol. The van der Waals surface area contributed by atoms with Crippen molar-refractivity contribution in [3.8, 4) is 0 Å². The van der Waals surface area contributed by atoms with E-state index in [0.717, 1.165) is 12.4 Å². The molecule has 92 valence electrons. The van der Waals surface area contributed by atoms with Gasteiger partial charge in [0.25, 0.3) is 0 Å². The van der Waals surface area contributed by atoms with E-state index in [1.54, 1.807) is 6.33 Å². The Morgan fingerprint density at radius 2 is 2.19 bits per heavy atom. The predicted octanol–water partition coefficient (Wildman–Crippen LogP) is 0.983. The van der Waals surface area contributed by atoms with Crippen molar-refractivity contribution < 1.29 is 4.74 Å². The Morgan fingerprint density at radius 1 is 1.50 bits per heavy atom. The normalized spacial score (nSPS) is 14.1. The summed E-state index contributed by atoms with van der Waals surface area (Å²) in [5.41, 5.74) is 5.81. The third kappa shape index (κ3) is 3.02. The van der Waals surface area contributed by atoms with Gasteiger partial charge in [-0.2, -0.15) is 5.10 Å². The molecule has 0 bridgehead atoms. The fourth-order valence-corrected chi connectivity index (χ4v) is 1.63. The molecule has 0 aromatic carbocycles. The number of rotatable bonds is 6. The van der Waals surface area contributed by atoms with Gasteiger partial charge in [0.2, 0.25) is 0 Å². The number of aryl methyl sites for hydroxylation is 1. The lowest BCUT2D eigenvalue weighted by molar-refractivity contribution is -0.0293. The van der Waals surface area contributed by atoms with Crippen LogP contribution in [0, 0.1) is 0 Å². The van der Waals surface area contributed by atoms with E-state index in [-0.39, 0.29) is 11.6 Å². The van der Waals surface area contributed by atoms with Gasteiger partial charge in [0, 0.05) is 25.6 Å². The zero-order chi connectivity index (χ0) is 12.2. The quantitative estimate of drug-likeness (QED) is 0.785. The Kier molecular flexibility index (Phi) is 4.44. The average Bonchev–Trinajstić information content (AvgIpc) is 2.65. The summed E-state index contributed by atoms with van der Waals surface area (Å²) >= 11 is 0. The average molecular weight is 226 g/mol. The van der Waals surface area contributed by atoms with E-state index in [4.69, 9.17) is 10.5 Å². The third-order valence-electron chi connectivity index (χ3n) is 2.81. The summed E-state index contributed by atoms with van der Waals surface area (Å²) in [6, 6.07) is -0.0815. The summed E-state index contributed by atoms with van der Waals surface area (Å²) < 4.78 is 7.49. The summed E-state index contributed by atoms with van der Waals surface area (Å²) in [6.07, 6.45) is 2.25. The van der Waals surface area contributed by atoms with E-state index in [2.05, 4.69) is 10.1 Å². The van der Waals surface area contributed by atoms with Gasteiger partial charge in [-0.15, -0.1) is 0 Å². The van der Waals surface area contributed by atoms with E-state index in [9.17, 15) is 0 Å². The number of nitrogens with zero attached hydrogens (tertiary/aromatic N) is 3. The largest absolute Gasteiger partial charge is 0.374 e. The van der Waals surface area contributed by atoms with Crippen LogP contribution in [0.4, 0.5) is 0 Å². The highest BCUT2D eigenvalue weighted by Gasteiger charge is 2.28. The molecule has 0 spiro atoms. The van der Waals surface area contributed by atoms with Gasteiger partial charge in [0.05, 0.1) is 5.60 Å². The van der Waals surface area contributed by atoms with Gasteiger partial charge in [-0.05, 0) is 27.7 Å². The second-order valence-corrected chi connectivity index (χ2v) is 4.34. The zero-order valence-electron chi connectivity index (χ0n) is 10.6. The van der Waals surface area contributed by atoms with Crippen LogP contribution in [0.1, 0.15) is 33.5 Å². The smallest absolute Gasteiger partial charge is 0.138 e. The molecule has 0 aliphatic heterocycles. The molecule has 1 rings (SSSR count). The van der Waals surface area contributed by atoms with Gasteiger partial charge in [-0.3, -0.25) is 4.68 Å². The lowest BCUT2D eigenvalue weighted by Gasteiger charge is -2.31. The maximum Gasteiger partial charge on any atom is 0.138 e. The lowest BCUT2D eigenvalue weighted by Crippen LogP contribution is -2.47. The third-order valence-corrected chi connectivity index (χ3v) is 2.81. The summed E-state index contributed by atoms with van der Waals surface area (Å²) in [5.74, 6) is 0.919. The second-order valence-electron chi connectivity index (χ2n) is 4.34. The molecule has 0 saturated heterocycles. The Bertz CT molecular complexity index is 322. The van der Waals surface area contributed by atoms with Crippen LogP contribution in [-0.2, 0) is 17.7 Å². The number of hydrogen-bond donors (Lipinski definition) is 1. The predicted molar refractivity (Wildman–Crippen MR) is 63.1 cm³/mol. The minimum absolute atomic E-state index is 0.0815. The van der Waals surface area contributed by atoms with Crippen LogP contribution in [0.3, 0.4) is 0 Å². The minimum Gasteiger partial charge on any atom is -0.374 e. The van der Waals surface area contributed by atoms with Crippen molar-refractivity contribution in [3.05, 3.63) is 12.2 Å². The van der Waals surface area contributed by atoms with E-state index in [0.29, 0.717) is 13.0 Å². The topological polar surface area (TPSA) is 66.0 Å². The van der Waals surface area contributed by atoms with Gasteiger partial charge in [-0.1, -0.05) is 0 Å². The van der Waals surface area contributed by atoms with Crippen molar-refractivity contribution in [3.63, 3.8) is 0 Å². The maximum atomic E-state index is 6.15. The number of aromatic nitrogens is 3. The molecule has 0 radical (unpaired) electrons. The Balaban J connectivity index is 2.67. The summed E-state index contributed by atoms with van der Waals surface area (Å²) in [4.78, 5) is 4.22. The fraction of sp³-hybridized carbons (Fsp3) is 0.818. The molecule has 0 saturated carbocycles. The second kappa shape index (κ2) is 5.41. The first-order valence-corrected chi connectivity index (χ1v) is 5.77. The number of ether oxygens (including phenoxy) is 1. The van der Waals surface area contributed by atoms with Gasteiger partial charge in [0.15, 0.2) is 0 Å². The SMILES string of the molecule is CCOC(C)(C)C(N)Cc1ncnn1CC. The molecular formula is C11H22N4O. The number of hydrogen-bond acceptors (Lipinski definition) is 4. The van der Waals surface area contributed by atoms with Crippen LogP contribution >= 0.6 is 0 Å². The molecule has 1 aromatic rings. The summed E-state index contributed by atoms with van der Waals surface area (Å²) in [6.45, 7) is 9.51. The van der Waals surface area contributed by atoms with E-state index in [1.807, 2.05) is 32.4 Å². The van der Waals surface area contributed by atoms with Gasteiger partial charge in [-0.25, -0.2) is 4.98 Å². The van der Waals surface area contributed by atoms with Crippen LogP contribution in [-0.4, -0.2) is 33.0 Å². The highest BCUT2D eigenvalue weighted by Crippen LogP contribution is 2.16. The molecule has 5 nitrogen and oxygen atoms in total. The van der Waals surface area contributed by atoms with Crippen molar-refractivity contribution in [1.82, 2.24) is 14.8 Å². The van der Waals surface area contributed by atoms with Gasteiger partial charge in [0.1, 0.15) is 12.2 Å². The van der Waals surface area contributed by atoms with E-state index < -0.39 is 0 Å². The molecule has 0 aliphatic rings. The van der Waals surface area contributed by atoms with Crippen LogP contribution in [0.2, 0.25) is 0 Å². The lowest BCUT2D eigenvalue weighted by atomic mass is 9.96. The van der Waals surface area contributed by atoms with Crippen LogP contribution in [0.15, 0.2) is 6.33 Å². The molecule has 2 N–H and O–H groups in total. The first kappa shape index (κ1) is 13.1. The maximum absolute atomic E-state index is 6.15. The van der Waals surface area contributed by atoms with E-state index in [1.165, 1.54) is 0 Å². The molecule has 16 heavy (non-hydrogen) atoms. The molecule has 1 aromatic heterocycles. The Morgan fingerprint density at radius 3 is 2.75 bits per heavy atom. The van der Waals surface area contributed by atoms with Gasteiger partial charge < -0.3 is 10.5 Å². The van der Waals surface area contributed by atoms with Crippen molar-refractivity contribution >= 4 is 0 Å². The minimum atomic E-state index is -0.334. The highest BCUT2D eigenvalue weighted by atomic mass is 16.5. The van der Waals surface area contributed by atoms with Crippen LogP contribution < -0.4 is 5.73 Å². The van der Waals surface area contributed by atoms with Crippen molar-refractivity contribution in [2.75, 3.05) is 6.61 Å². The molecule has 0 aliphatic carbocycles. The molecule has 0 amide bonds.